The fourth-order valence-corrected chi connectivity index (χ4v) is 3.68. The fraction of sp³-hybridized carbons (Fsp3) is 0.455. The molecule has 1 atom stereocenters. The van der Waals surface area contributed by atoms with Gasteiger partial charge in [0.25, 0.3) is 0 Å². The summed E-state index contributed by atoms with van der Waals surface area (Å²) in [7, 11) is -2.00. The van der Waals surface area contributed by atoms with E-state index in [-0.39, 0.29) is 10.9 Å². The standard InChI is InChI=1S/C11H17BrN2O3S/c1-8(5-6-17-2)14-18(15,16)11-7-9(13)3-4-10(11)12/h3-4,7-8,14H,5-6,13H2,1-2H3. The summed E-state index contributed by atoms with van der Waals surface area (Å²) in [5, 5.41) is 0. The molecule has 0 bridgehead atoms. The third kappa shape index (κ3) is 4.24. The quantitative estimate of drug-likeness (QED) is 0.775. The first-order valence-electron chi connectivity index (χ1n) is 5.43. The van der Waals surface area contributed by atoms with Gasteiger partial charge in [-0.05, 0) is 47.5 Å². The minimum atomic E-state index is -3.58. The lowest BCUT2D eigenvalue weighted by molar-refractivity contribution is 0.188. The van der Waals surface area contributed by atoms with E-state index < -0.39 is 10.0 Å². The Morgan fingerprint density at radius 2 is 2.17 bits per heavy atom. The van der Waals surface area contributed by atoms with Crippen molar-refractivity contribution in [1.82, 2.24) is 4.72 Å². The molecule has 7 heteroatoms. The molecule has 0 fully saturated rings. The molecular formula is C11H17BrN2O3S. The SMILES string of the molecule is COCCC(C)NS(=O)(=O)c1cc(N)ccc1Br. The number of ether oxygens (including phenoxy) is 1. The Kier molecular flexibility index (Phi) is 5.58. The smallest absolute Gasteiger partial charge is 0.242 e. The number of anilines is 1. The van der Waals surface area contributed by atoms with Gasteiger partial charge in [-0.2, -0.15) is 0 Å². The first-order valence-corrected chi connectivity index (χ1v) is 7.70. The molecule has 3 N–H and O–H groups in total. The van der Waals surface area contributed by atoms with E-state index in [2.05, 4.69) is 20.7 Å². The number of hydrogen-bond donors (Lipinski definition) is 2. The molecule has 0 aliphatic heterocycles. The minimum absolute atomic E-state index is 0.145. The number of nitrogen functional groups attached to an aromatic ring is 1. The van der Waals surface area contributed by atoms with Gasteiger partial charge in [0.1, 0.15) is 0 Å². The van der Waals surface area contributed by atoms with Crippen LogP contribution in [0.15, 0.2) is 27.6 Å². The van der Waals surface area contributed by atoms with E-state index in [0.29, 0.717) is 23.2 Å². The van der Waals surface area contributed by atoms with Crippen molar-refractivity contribution in [1.29, 1.82) is 0 Å². The van der Waals surface area contributed by atoms with Gasteiger partial charge in [0.05, 0.1) is 4.90 Å². The molecule has 0 aliphatic carbocycles. The van der Waals surface area contributed by atoms with E-state index >= 15 is 0 Å². The van der Waals surface area contributed by atoms with Gasteiger partial charge in [-0.1, -0.05) is 0 Å². The van der Waals surface area contributed by atoms with Crippen LogP contribution in [0.25, 0.3) is 0 Å². The topological polar surface area (TPSA) is 81.4 Å². The van der Waals surface area contributed by atoms with Crippen LogP contribution in [-0.2, 0) is 14.8 Å². The van der Waals surface area contributed by atoms with Crippen molar-refractivity contribution in [2.24, 2.45) is 0 Å². The highest BCUT2D eigenvalue weighted by Crippen LogP contribution is 2.24. The number of rotatable bonds is 6. The summed E-state index contributed by atoms with van der Waals surface area (Å²) >= 11 is 3.21. The van der Waals surface area contributed by atoms with Gasteiger partial charge in [0.15, 0.2) is 0 Å². The zero-order valence-electron chi connectivity index (χ0n) is 10.3. The summed E-state index contributed by atoms with van der Waals surface area (Å²) in [5.74, 6) is 0. The van der Waals surface area contributed by atoms with E-state index in [9.17, 15) is 8.42 Å². The lowest BCUT2D eigenvalue weighted by Gasteiger charge is -2.14. The van der Waals surface area contributed by atoms with Gasteiger partial charge in [0, 0.05) is 29.9 Å². The molecule has 1 rings (SSSR count). The molecule has 5 nitrogen and oxygen atoms in total. The van der Waals surface area contributed by atoms with Crippen molar-refractivity contribution >= 4 is 31.6 Å². The van der Waals surface area contributed by atoms with Gasteiger partial charge >= 0.3 is 0 Å². The molecule has 0 aliphatic rings. The predicted molar refractivity (Wildman–Crippen MR) is 74.8 cm³/mol. The van der Waals surface area contributed by atoms with E-state index in [1.807, 2.05) is 0 Å². The molecule has 1 unspecified atom stereocenters. The van der Waals surface area contributed by atoms with Crippen LogP contribution in [0, 0.1) is 0 Å². The van der Waals surface area contributed by atoms with Gasteiger partial charge < -0.3 is 10.5 Å². The van der Waals surface area contributed by atoms with Gasteiger partial charge in [-0.3, -0.25) is 0 Å². The highest BCUT2D eigenvalue weighted by Gasteiger charge is 2.20. The summed E-state index contributed by atoms with van der Waals surface area (Å²) in [6.07, 6.45) is 0.607. The highest BCUT2D eigenvalue weighted by atomic mass is 79.9. The number of methoxy groups -OCH3 is 1. The van der Waals surface area contributed by atoms with Crippen molar-refractivity contribution in [2.75, 3.05) is 19.5 Å². The Morgan fingerprint density at radius 1 is 1.50 bits per heavy atom. The van der Waals surface area contributed by atoms with Crippen LogP contribution in [0.3, 0.4) is 0 Å². The zero-order valence-corrected chi connectivity index (χ0v) is 12.7. The van der Waals surface area contributed by atoms with Crippen LogP contribution in [0.5, 0.6) is 0 Å². The fourth-order valence-electron chi connectivity index (χ4n) is 1.41. The second-order valence-corrected chi connectivity index (χ2v) is 6.53. The second kappa shape index (κ2) is 6.51. The molecule has 102 valence electrons. The van der Waals surface area contributed by atoms with Crippen molar-refractivity contribution in [3.63, 3.8) is 0 Å². The van der Waals surface area contributed by atoms with E-state index in [1.54, 1.807) is 26.2 Å². The van der Waals surface area contributed by atoms with Crippen molar-refractivity contribution in [3.05, 3.63) is 22.7 Å². The molecule has 1 aromatic carbocycles. The maximum atomic E-state index is 12.1. The summed E-state index contributed by atoms with van der Waals surface area (Å²) < 4.78 is 32.3. The number of hydrogen-bond acceptors (Lipinski definition) is 4. The Bertz CT molecular complexity index is 505. The molecule has 0 amide bonds. The first-order chi connectivity index (χ1) is 8.36. The molecule has 0 aromatic heterocycles. The summed E-state index contributed by atoms with van der Waals surface area (Å²) in [4.78, 5) is 0.145. The molecule has 1 aromatic rings. The molecular weight excluding hydrogens is 320 g/mol. The Balaban J connectivity index is 2.89. The zero-order chi connectivity index (χ0) is 13.8. The van der Waals surface area contributed by atoms with Crippen LogP contribution in [-0.4, -0.2) is 28.2 Å². The van der Waals surface area contributed by atoms with E-state index in [0.717, 1.165) is 0 Å². The molecule has 0 heterocycles. The number of sulfonamides is 1. The normalized spacial score (nSPS) is 13.5. The molecule has 0 saturated heterocycles. The maximum Gasteiger partial charge on any atom is 0.242 e. The average Bonchev–Trinajstić information content (AvgIpc) is 2.29. The Hall–Kier alpha value is -0.630. The Morgan fingerprint density at radius 3 is 2.78 bits per heavy atom. The van der Waals surface area contributed by atoms with Crippen molar-refractivity contribution in [3.8, 4) is 0 Å². The summed E-state index contributed by atoms with van der Waals surface area (Å²) in [6, 6.07) is 4.47. The predicted octanol–water partition coefficient (Wildman–Crippen LogP) is 1.73. The minimum Gasteiger partial charge on any atom is -0.399 e. The van der Waals surface area contributed by atoms with Crippen LogP contribution in [0.4, 0.5) is 5.69 Å². The molecule has 0 radical (unpaired) electrons. The third-order valence-electron chi connectivity index (χ3n) is 2.36. The molecule has 0 saturated carbocycles. The van der Waals surface area contributed by atoms with E-state index in [4.69, 9.17) is 10.5 Å². The van der Waals surface area contributed by atoms with E-state index in [1.165, 1.54) is 6.07 Å². The molecule has 18 heavy (non-hydrogen) atoms. The largest absolute Gasteiger partial charge is 0.399 e. The van der Waals surface area contributed by atoms with Crippen molar-refractivity contribution < 1.29 is 13.2 Å². The van der Waals surface area contributed by atoms with Crippen LogP contribution < -0.4 is 10.5 Å². The van der Waals surface area contributed by atoms with Crippen LogP contribution in [0.1, 0.15) is 13.3 Å². The van der Waals surface area contributed by atoms with Crippen LogP contribution >= 0.6 is 15.9 Å². The van der Waals surface area contributed by atoms with Gasteiger partial charge in [0.2, 0.25) is 10.0 Å². The number of benzene rings is 1. The number of halogens is 1. The first kappa shape index (κ1) is 15.4. The Labute approximate surface area is 116 Å². The summed E-state index contributed by atoms with van der Waals surface area (Å²) in [6.45, 7) is 2.29. The van der Waals surface area contributed by atoms with Crippen molar-refractivity contribution in [2.45, 2.75) is 24.3 Å². The monoisotopic (exact) mass is 336 g/mol. The molecule has 0 spiro atoms. The van der Waals surface area contributed by atoms with Gasteiger partial charge in [-0.25, -0.2) is 13.1 Å². The lowest BCUT2D eigenvalue weighted by atomic mass is 10.3. The second-order valence-electron chi connectivity index (χ2n) is 3.99. The third-order valence-corrected chi connectivity index (χ3v) is 4.94. The average molecular weight is 337 g/mol. The lowest BCUT2D eigenvalue weighted by Crippen LogP contribution is -2.33. The maximum absolute atomic E-state index is 12.1. The van der Waals surface area contributed by atoms with Gasteiger partial charge in [-0.15, -0.1) is 0 Å². The number of nitrogens with one attached hydrogen (secondary N) is 1. The van der Waals surface area contributed by atoms with Crippen LogP contribution in [0.2, 0.25) is 0 Å². The summed E-state index contributed by atoms with van der Waals surface area (Å²) in [5.41, 5.74) is 6.01. The number of nitrogens with two attached hydrogens (primary N) is 1. The highest BCUT2D eigenvalue weighted by molar-refractivity contribution is 9.10.